The molecule has 1 saturated heterocycles. The van der Waals surface area contributed by atoms with Gasteiger partial charge in [-0.15, -0.1) is 0 Å². The van der Waals surface area contributed by atoms with Crippen LogP contribution in [0.5, 0.6) is 0 Å². The maximum Gasteiger partial charge on any atom is 0.266 e. The standard InChI is InChI=1S/C28H27ClN4O/c1-21-25(29)13-8-14-26(21)31-20-24(19-30)28(34)33-17-15-32(16-18-33)27(22-9-4-2-5-10-22)23-11-6-3-7-12-23/h2-14,20,27,31H,15-18H2,1H3/b24-20-. The molecule has 0 atom stereocenters. The summed E-state index contributed by atoms with van der Waals surface area (Å²) in [5.41, 5.74) is 4.17. The Morgan fingerprint density at radius 2 is 1.53 bits per heavy atom. The van der Waals surface area contributed by atoms with Gasteiger partial charge in [-0.05, 0) is 35.7 Å². The topological polar surface area (TPSA) is 59.4 Å². The quantitative estimate of drug-likeness (QED) is 0.387. The van der Waals surface area contributed by atoms with Crippen molar-refractivity contribution in [2.75, 3.05) is 31.5 Å². The molecule has 1 heterocycles. The van der Waals surface area contributed by atoms with Crippen molar-refractivity contribution in [3.05, 3.63) is 112 Å². The molecule has 1 aliphatic heterocycles. The zero-order chi connectivity index (χ0) is 23.9. The van der Waals surface area contributed by atoms with Gasteiger partial charge in [0.1, 0.15) is 11.6 Å². The lowest BCUT2D eigenvalue weighted by atomic mass is 9.96. The van der Waals surface area contributed by atoms with Crippen LogP contribution >= 0.6 is 11.6 Å². The second kappa shape index (κ2) is 11.0. The number of nitrogens with zero attached hydrogens (tertiary/aromatic N) is 3. The average Bonchev–Trinajstić information content (AvgIpc) is 2.88. The van der Waals surface area contributed by atoms with E-state index in [1.54, 1.807) is 11.0 Å². The number of carbonyl (C=O) groups is 1. The molecule has 1 aliphatic rings. The van der Waals surface area contributed by atoms with Crippen molar-refractivity contribution in [3.63, 3.8) is 0 Å². The van der Waals surface area contributed by atoms with Gasteiger partial charge >= 0.3 is 0 Å². The minimum atomic E-state index is -0.259. The number of anilines is 1. The van der Waals surface area contributed by atoms with E-state index in [9.17, 15) is 10.1 Å². The van der Waals surface area contributed by atoms with E-state index in [0.717, 1.165) is 24.3 Å². The number of benzene rings is 3. The number of carbonyl (C=O) groups excluding carboxylic acids is 1. The van der Waals surface area contributed by atoms with Crippen molar-refractivity contribution in [3.8, 4) is 6.07 Å². The minimum Gasteiger partial charge on any atom is -0.360 e. The van der Waals surface area contributed by atoms with Gasteiger partial charge in [-0.1, -0.05) is 78.3 Å². The summed E-state index contributed by atoms with van der Waals surface area (Å²) in [5.74, 6) is -0.259. The summed E-state index contributed by atoms with van der Waals surface area (Å²) in [4.78, 5) is 17.2. The first-order valence-corrected chi connectivity index (χ1v) is 11.7. The molecule has 6 heteroatoms. The molecule has 172 valence electrons. The largest absolute Gasteiger partial charge is 0.360 e. The average molecular weight is 471 g/mol. The second-order valence-electron chi connectivity index (χ2n) is 8.28. The summed E-state index contributed by atoms with van der Waals surface area (Å²) >= 11 is 6.17. The third-order valence-corrected chi connectivity index (χ3v) is 6.60. The van der Waals surface area contributed by atoms with Gasteiger partial charge in [0.25, 0.3) is 5.91 Å². The molecule has 5 nitrogen and oxygen atoms in total. The Bertz CT molecular complexity index is 1160. The summed E-state index contributed by atoms with van der Waals surface area (Å²) < 4.78 is 0. The third kappa shape index (κ3) is 5.31. The maximum absolute atomic E-state index is 13.1. The first-order valence-electron chi connectivity index (χ1n) is 11.3. The van der Waals surface area contributed by atoms with E-state index < -0.39 is 0 Å². The number of piperazine rings is 1. The number of hydrogen-bond acceptors (Lipinski definition) is 4. The molecule has 0 bridgehead atoms. The number of halogens is 1. The molecule has 3 aromatic rings. The van der Waals surface area contributed by atoms with Gasteiger partial charge in [-0.3, -0.25) is 9.69 Å². The molecule has 3 aromatic carbocycles. The van der Waals surface area contributed by atoms with Crippen LogP contribution in [0.25, 0.3) is 0 Å². The molecule has 0 saturated carbocycles. The Labute approximate surface area is 205 Å². The fraction of sp³-hybridized carbons (Fsp3) is 0.214. The lowest BCUT2D eigenvalue weighted by Crippen LogP contribution is -2.50. The van der Waals surface area contributed by atoms with Gasteiger partial charge in [0.15, 0.2) is 0 Å². The van der Waals surface area contributed by atoms with Crippen LogP contribution in [0.3, 0.4) is 0 Å². The van der Waals surface area contributed by atoms with Crippen molar-refractivity contribution in [1.82, 2.24) is 9.80 Å². The van der Waals surface area contributed by atoms with E-state index in [1.807, 2.05) is 37.3 Å². The van der Waals surface area contributed by atoms with Gasteiger partial charge in [0.2, 0.25) is 0 Å². The SMILES string of the molecule is Cc1c(Cl)cccc1N/C=C(/C#N)C(=O)N1CCN(C(c2ccccc2)c2ccccc2)CC1. The fourth-order valence-corrected chi connectivity index (χ4v) is 4.47. The molecule has 1 amide bonds. The summed E-state index contributed by atoms with van der Waals surface area (Å²) in [5, 5.41) is 13.3. The highest BCUT2D eigenvalue weighted by Crippen LogP contribution is 2.29. The van der Waals surface area contributed by atoms with E-state index >= 15 is 0 Å². The van der Waals surface area contributed by atoms with Crippen LogP contribution in [0.1, 0.15) is 22.7 Å². The lowest BCUT2D eigenvalue weighted by molar-refractivity contribution is -0.128. The molecule has 34 heavy (non-hydrogen) atoms. The number of nitrogens with one attached hydrogen (secondary N) is 1. The molecular weight excluding hydrogens is 444 g/mol. The van der Waals surface area contributed by atoms with Crippen LogP contribution in [0, 0.1) is 18.3 Å². The number of hydrogen-bond donors (Lipinski definition) is 1. The van der Waals surface area contributed by atoms with Crippen molar-refractivity contribution in [2.45, 2.75) is 13.0 Å². The number of nitriles is 1. The van der Waals surface area contributed by atoms with Gasteiger partial charge in [0.05, 0.1) is 6.04 Å². The van der Waals surface area contributed by atoms with E-state index in [0.29, 0.717) is 18.1 Å². The van der Waals surface area contributed by atoms with Crippen molar-refractivity contribution in [1.29, 1.82) is 5.26 Å². The highest BCUT2D eigenvalue weighted by Gasteiger charge is 2.29. The normalized spacial score (nSPS) is 14.6. The van der Waals surface area contributed by atoms with Gasteiger partial charge in [0, 0.05) is 43.1 Å². The van der Waals surface area contributed by atoms with Gasteiger partial charge in [-0.2, -0.15) is 5.26 Å². The first-order chi connectivity index (χ1) is 16.6. The maximum atomic E-state index is 13.1. The van der Waals surface area contributed by atoms with E-state index in [2.05, 4.69) is 58.7 Å². The predicted octanol–water partition coefficient (Wildman–Crippen LogP) is 5.40. The Morgan fingerprint density at radius 3 is 2.09 bits per heavy atom. The van der Waals surface area contributed by atoms with Crippen molar-refractivity contribution >= 4 is 23.2 Å². The summed E-state index contributed by atoms with van der Waals surface area (Å²) in [7, 11) is 0. The molecular formula is C28H27ClN4O. The highest BCUT2D eigenvalue weighted by atomic mass is 35.5. The number of rotatable bonds is 6. The van der Waals surface area contributed by atoms with Crippen LogP contribution in [0.2, 0.25) is 5.02 Å². The van der Waals surface area contributed by atoms with Crippen LogP contribution in [-0.4, -0.2) is 41.9 Å². The van der Waals surface area contributed by atoms with Crippen LogP contribution < -0.4 is 5.32 Å². The molecule has 1 N–H and O–H groups in total. The second-order valence-corrected chi connectivity index (χ2v) is 8.69. The van der Waals surface area contributed by atoms with Crippen molar-refractivity contribution < 1.29 is 4.79 Å². The zero-order valence-electron chi connectivity index (χ0n) is 19.1. The Hall–Kier alpha value is -3.59. The van der Waals surface area contributed by atoms with Gasteiger partial charge in [-0.25, -0.2) is 0 Å². The molecule has 0 unspecified atom stereocenters. The lowest BCUT2D eigenvalue weighted by Gasteiger charge is -2.39. The molecule has 0 radical (unpaired) electrons. The molecule has 1 fully saturated rings. The monoisotopic (exact) mass is 470 g/mol. The third-order valence-electron chi connectivity index (χ3n) is 6.19. The van der Waals surface area contributed by atoms with E-state index in [-0.39, 0.29) is 17.5 Å². The highest BCUT2D eigenvalue weighted by molar-refractivity contribution is 6.31. The smallest absolute Gasteiger partial charge is 0.266 e. The number of amides is 1. The molecule has 0 aromatic heterocycles. The summed E-state index contributed by atoms with van der Waals surface area (Å²) in [6, 6.07) is 28.5. The van der Waals surface area contributed by atoms with Crippen LogP contribution in [0.4, 0.5) is 5.69 Å². The fourth-order valence-electron chi connectivity index (χ4n) is 4.29. The summed E-state index contributed by atoms with van der Waals surface area (Å²) in [6.07, 6.45) is 1.48. The molecule has 0 aliphatic carbocycles. The van der Waals surface area contributed by atoms with E-state index in [1.165, 1.54) is 17.3 Å². The predicted molar refractivity (Wildman–Crippen MR) is 136 cm³/mol. The van der Waals surface area contributed by atoms with E-state index in [4.69, 9.17) is 11.6 Å². The minimum absolute atomic E-state index is 0.0792. The Balaban J connectivity index is 1.46. The molecule has 0 spiro atoms. The van der Waals surface area contributed by atoms with Crippen LogP contribution in [-0.2, 0) is 4.79 Å². The first kappa shape index (κ1) is 23.6. The van der Waals surface area contributed by atoms with Gasteiger partial charge < -0.3 is 10.2 Å². The molecule has 4 rings (SSSR count). The van der Waals surface area contributed by atoms with Crippen molar-refractivity contribution in [2.24, 2.45) is 0 Å². The Morgan fingerprint density at radius 1 is 0.941 bits per heavy atom. The van der Waals surface area contributed by atoms with Crippen LogP contribution in [0.15, 0.2) is 90.6 Å². The zero-order valence-corrected chi connectivity index (χ0v) is 19.9. The Kier molecular flexibility index (Phi) is 7.64. The summed E-state index contributed by atoms with van der Waals surface area (Å²) in [6.45, 7) is 4.45.